The summed E-state index contributed by atoms with van der Waals surface area (Å²) in [6.45, 7) is 1.59. The number of nitrogens with zero attached hydrogens (tertiary/aromatic N) is 1. The molecule has 0 saturated carbocycles. The fourth-order valence-corrected chi connectivity index (χ4v) is 2.66. The van der Waals surface area contributed by atoms with Crippen LogP contribution in [0.4, 0.5) is 0 Å². The fraction of sp³-hybridized carbons (Fsp3) is 0.389. The van der Waals surface area contributed by atoms with Crippen molar-refractivity contribution >= 4 is 17.8 Å². The quantitative estimate of drug-likeness (QED) is 0.572. The number of rotatable bonds is 6. The van der Waals surface area contributed by atoms with Gasteiger partial charge in [0, 0.05) is 26.0 Å². The maximum absolute atomic E-state index is 12.6. The molecule has 0 N–H and O–H groups in total. The Morgan fingerprint density at radius 3 is 2.48 bits per heavy atom. The number of methoxy groups -OCH3 is 2. The summed E-state index contributed by atoms with van der Waals surface area (Å²) in [5, 5.41) is 0. The molecule has 1 aromatic rings. The van der Waals surface area contributed by atoms with Crippen LogP contribution in [-0.4, -0.2) is 49.1 Å². The van der Waals surface area contributed by atoms with Crippen molar-refractivity contribution in [1.82, 2.24) is 4.90 Å². The number of hydrogen-bond donors (Lipinski definition) is 0. The van der Waals surface area contributed by atoms with Gasteiger partial charge in [-0.05, 0) is 17.7 Å². The Hall–Kier alpha value is -2.83. The standard InChI is InChI=1S/C18H21NO6/c1-12(20)25-16-10-14(6-9-17(21)24-3)19(18(16)22)11-13-4-7-15(23-2)8-5-13/h4-9,14,16H,10-11H2,1-3H3/b9-6+/t14-,16+/m0/s1. The van der Waals surface area contributed by atoms with Crippen LogP contribution < -0.4 is 4.74 Å². The summed E-state index contributed by atoms with van der Waals surface area (Å²) >= 11 is 0. The molecule has 7 heteroatoms. The van der Waals surface area contributed by atoms with E-state index < -0.39 is 18.0 Å². The van der Waals surface area contributed by atoms with Gasteiger partial charge in [0.05, 0.1) is 20.3 Å². The highest BCUT2D eigenvalue weighted by Gasteiger charge is 2.40. The molecule has 0 aliphatic carbocycles. The van der Waals surface area contributed by atoms with E-state index in [0.717, 1.165) is 11.3 Å². The van der Waals surface area contributed by atoms with Gasteiger partial charge in [-0.15, -0.1) is 0 Å². The lowest BCUT2D eigenvalue weighted by Gasteiger charge is -2.22. The summed E-state index contributed by atoms with van der Waals surface area (Å²) in [5.41, 5.74) is 0.897. The molecule has 1 aliphatic heterocycles. The molecule has 2 rings (SSSR count). The fourth-order valence-electron chi connectivity index (χ4n) is 2.66. The summed E-state index contributed by atoms with van der Waals surface area (Å²) in [4.78, 5) is 36.7. The van der Waals surface area contributed by atoms with Gasteiger partial charge in [-0.1, -0.05) is 18.2 Å². The third kappa shape index (κ3) is 4.82. The zero-order valence-electron chi connectivity index (χ0n) is 14.4. The number of hydrogen-bond acceptors (Lipinski definition) is 6. The number of esters is 2. The topological polar surface area (TPSA) is 82.1 Å². The van der Waals surface area contributed by atoms with E-state index in [1.165, 1.54) is 20.1 Å². The second-order valence-corrected chi connectivity index (χ2v) is 5.60. The number of ether oxygens (including phenoxy) is 3. The normalized spacial score (nSPS) is 20.0. The smallest absolute Gasteiger partial charge is 0.330 e. The first-order valence-electron chi connectivity index (χ1n) is 7.81. The van der Waals surface area contributed by atoms with Gasteiger partial charge < -0.3 is 19.1 Å². The van der Waals surface area contributed by atoms with Crippen molar-refractivity contribution < 1.29 is 28.6 Å². The van der Waals surface area contributed by atoms with Crippen LogP contribution in [0.25, 0.3) is 0 Å². The van der Waals surface area contributed by atoms with E-state index in [2.05, 4.69) is 4.74 Å². The van der Waals surface area contributed by atoms with E-state index in [9.17, 15) is 14.4 Å². The van der Waals surface area contributed by atoms with Crippen LogP contribution in [0, 0.1) is 0 Å². The molecule has 0 aromatic heterocycles. The van der Waals surface area contributed by atoms with Crippen molar-refractivity contribution in [3.63, 3.8) is 0 Å². The second-order valence-electron chi connectivity index (χ2n) is 5.60. The van der Waals surface area contributed by atoms with Gasteiger partial charge in [0.2, 0.25) is 0 Å². The largest absolute Gasteiger partial charge is 0.497 e. The average molecular weight is 347 g/mol. The van der Waals surface area contributed by atoms with Gasteiger partial charge in [-0.2, -0.15) is 0 Å². The zero-order valence-corrected chi connectivity index (χ0v) is 14.4. The molecule has 1 amide bonds. The van der Waals surface area contributed by atoms with Crippen molar-refractivity contribution in [2.24, 2.45) is 0 Å². The van der Waals surface area contributed by atoms with Gasteiger partial charge in [-0.25, -0.2) is 4.79 Å². The van der Waals surface area contributed by atoms with Crippen molar-refractivity contribution in [2.45, 2.75) is 32.0 Å². The predicted octanol–water partition coefficient (Wildman–Crippen LogP) is 1.46. The SMILES string of the molecule is COC(=O)/C=C/[C@H]1C[C@@H](OC(C)=O)C(=O)N1Cc1ccc(OC)cc1. The molecular formula is C18H21NO6. The van der Waals surface area contributed by atoms with Crippen LogP contribution in [0.15, 0.2) is 36.4 Å². The first-order chi connectivity index (χ1) is 11.9. The molecule has 1 heterocycles. The Morgan fingerprint density at radius 2 is 1.92 bits per heavy atom. The molecule has 7 nitrogen and oxygen atoms in total. The molecule has 1 saturated heterocycles. The van der Waals surface area contributed by atoms with E-state index in [1.807, 2.05) is 12.1 Å². The van der Waals surface area contributed by atoms with E-state index in [0.29, 0.717) is 13.0 Å². The lowest BCUT2D eigenvalue weighted by Crippen LogP contribution is -2.34. The molecule has 134 valence electrons. The molecule has 0 radical (unpaired) electrons. The number of benzene rings is 1. The predicted molar refractivity (Wildman–Crippen MR) is 88.7 cm³/mol. The molecule has 0 bridgehead atoms. The van der Waals surface area contributed by atoms with Gasteiger partial charge in [0.15, 0.2) is 6.10 Å². The molecule has 25 heavy (non-hydrogen) atoms. The molecule has 1 fully saturated rings. The molecule has 0 unspecified atom stereocenters. The van der Waals surface area contributed by atoms with Gasteiger partial charge in [0.1, 0.15) is 5.75 Å². The highest BCUT2D eigenvalue weighted by Crippen LogP contribution is 2.26. The monoisotopic (exact) mass is 347 g/mol. The number of amides is 1. The molecule has 1 aromatic carbocycles. The minimum Gasteiger partial charge on any atom is -0.497 e. The van der Waals surface area contributed by atoms with Crippen LogP contribution in [0.1, 0.15) is 18.9 Å². The third-order valence-corrected chi connectivity index (χ3v) is 3.89. The highest BCUT2D eigenvalue weighted by molar-refractivity contribution is 5.87. The summed E-state index contributed by atoms with van der Waals surface area (Å²) in [7, 11) is 2.86. The summed E-state index contributed by atoms with van der Waals surface area (Å²) in [5.74, 6) is -0.588. The molecule has 1 aliphatic rings. The van der Waals surface area contributed by atoms with Crippen LogP contribution in [0.3, 0.4) is 0 Å². The summed E-state index contributed by atoms with van der Waals surface area (Å²) < 4.78 is 14.8. The van der Waals surface area contributed by atoms with Crippen LogP contribution >= 0.6 is 0 Å². The minimum atomic E-state index is -0.844. The first-order valence-corrected chi connectivity index (χ1v) is 7.81. The van der Waals surface area contributed by atoms with Crippen molar-refractivity contribution in [1.29, 1.82) is 0 Å². The van der Waals surface area contributed by atoms with E-state index in [1.54, 1.807) is 30.2 Å². The second kappa shape index (κ2) is 8.32. The lowest BCUT2D eigenvalue weighted by molar-refractivity contribution is -0.154. The van der Waals surface area contributed by atoms with Crippen LogP contribution in [-0.2, 0) is 30.4 Å². The Morgan fingerprint density at radius 1 is 1.24 bits per heavy atom. The molecular weight excluding hydrogens is 326 g/mol. The van der Waals surface area contributed by atoms with Crippen LogP contribution in [0.2, 0.25) is 0 Å². The highest BCUT2D eigenvalue weighted by atomic mass is 16.5. The van der Waals surface area contributed by atoms with E-state index in [4.69, 9.17) is 9.47 Å². The Balaban J connectivity index is 2.18. The van der Waals surface area contributed by atoms with E-state index >= 15 is 0 Å². The van der Waals surface area contributed by atoms with Gasteiger partial charge in [-0.3, -0.25) is 9.59 Å². The number of carbonyl (C=O) groups is 3. The lowest BCUT2D eigenvalue weighted by atomic mass is 10.1. The average Bonchev–Trinajstić information content (AvgIpc) is 2.88. The van der Waals surface area contributed by atoms with Crippen molar-refractivity contribution in [2.75, 3.05) is 14.2 Å². The third-order valence-electron chi connectivity index (χ3n) is 3.89. The van der Waals surface area contributed by atoms with E-state index in [-0.39, 0.29) is 11.9 Å². The number of carbonyl (C=O) groups excluding carboxylic acids is 3. The Kier molecular flexibility index (Phi) is 6.16. The maximum Gasteiger partial charge on any atom is 0.330 e. The van der Waals surface area contributed by atoms with Crippen LogP contribution in [0.5, 0.6) is 5.75 Å². The summed E-state index contributed by atoms with van der Waals surface area (Å²) in [6, 6.07) is 6.95. The van der Waals surface area contributed by atoms with Gasteiger partial charge in [0.25, 0.3) is 5.91 Å². The molecule has 0 spiro atoms. The minimum absolute atomic E-state index is 0.287. The Labute approximate surface area is 146 Å². The number of likely N-dealkylation sites (tertiary alicyclic amines) is 1. The first kappa shape index (κ1) is 18.5. The molecule has 2 atom stereocenters. The Bertz CT molecular complexity index is 667. The zero-order chi connectivity index (χ0) is 18.4. The maximum atomic E-state index is 12.6. The van der Waals surface area contributed by atoms with Crippen molar-refractivity contribution in [3.8, 4) is 5.75 Å². The summed E-state index contributed by atoms with van der Waals surface area (Å²) in [6.07, 6.45) is 2.32. The van der Waals surface area contributed by atoms with Gasteiger partial charge >= 0.3 is 11.9 Å². The van der Waals surface area contributed by atoms with Crippen molar-refractivity contribution in [3.05, 3.63) is 42.0 Å².